The van der Waals surface area contributed by atoms with Gasteiger partial charge in [0.05, 0.1) is 42.9 Å². The number of hydrogen-bond donors (Lipinski definition) is 5. The minimum Gasteiger partial charge on any atom is -0.453 e. The zero-order valence-electron chi connectivity index (χ0n) is 34.0. The number of anilines is 1. The lowest BCUT2D eigenvalue weighted by molar-refractivity contribution is -0.135. The van der Waals surface area contributed by atoms with Gasteiger partial charge in [-0.25, -0.2) is 14.8 Å². The van der Waals surface area contributed by atoms with Crippen LogP contribution in [0.15, 0.2) is 85.2 Å². The number of carbonyl (C=O) groups is 3. The van der Waals surface area contributed by atoms with Gasteiger partial charge in [-0.05, 0) is 96.1 Å². The topological polar surface area (TPSA) is 157 Å². The Morgan fingerprint density at radius 1 is 0.831 bits per heavy atom. The minimum absolute atomic E-state index is 0.0452. The zero-order valence-corrected chi connectivity index (χ0v) is 34.0. The fourth-order valence-electron chi connectivity index (χ4n) is 10.3. The first-order valence-corrected chi connectivity index (χ1v) is 21.3. The molecule has 1 saturated heterocycles. The second kappa shape index (κ2) is 16.4. The molecule has 4 aliphatic rings. The van der Waals surface area contributed by atoms with E-state index in [0.29, 0.717) is 30.8 Å². The molecule has 2 aliphatic heterocycles. The predicted molar refractivity (Wildman–Crippen MR) is 227 cm³/mol. The first-order valence-electron chi connectivity index (χ1n) is 21.3. The number of amides is 3. The van der Waals surface area contributed by atoms with Crippen LogP contribution in [0.1, 0.15) is 75.1 Å². The van der Waals surface area contributed by atoms with E-state index in [-0.39, 0.29) is 35.6 Å². The van der Waals surface area contributed by atoms with Gasteiger partial charge >= 0.3 is 6.09 Å². The van der Waals surface area contributed by atoms with E-state index in [2.05, 4.69) is 98.7 Å². The highest BCUT2D eigenvalue weighted by atomic mass is 16.5. The predicted octanol–water partition coefficient (Wildman–Crippen LogP) is 7.71. The Morgan fingerprint density at radius 2 is 1.47 bits per heavy atom. The summed E-state index contributed by atoms with van der Waals surface area (Å²) in [7, 11) is 1.30. The number of alkyl carbamates (subject to hydrolysis) is 1. The molecule has 4 unspecified atom stereocenters. The molecule has 5 aromatic rings. The van der Waals surface area contributed by atoms with Crippen molar-refractivity contribution in [3.8, 4) is 33.6 Å². The minimum atomic E-state index is -0.676. The third kappa shape index (κ3) is 7.72. The number of nitrogens with one attached hydrogen (secondary N) is 5. The third-order valence-electron chi connectivity index (χ3n) is 13.4. The Kier molecular flexibility index (Phi) is 10.7. The van der Waals surface area contributed by atoms with Gasteiger partial charge < -0.3 is 35.6 Å². The molecule has 3 amide bonds. The number of methoxy groups -OCH3 is 1. The average molecular weight is 795 g/mol. The number of H-pyrrole nitrogens is 2. The van der Waals surface area contributed by atoms with Gasteiger partial charge in [0.15, 0.2) is 0 Å². The number of ether oxygens (including phenoxy) is 1. The largest absolute Gasteiger partial charge is 0.453 e. The summed E-state index contributed by atoms with van der Waals surface area (Å²) in [6.45, 7) is 5.99. The highest BCUT2D eigenvalue weighted by Gasteiger charge is 2.52. The molecule has 4 heterocycles. The van der Waals surface area contributed by atoms with Crippen molar-refractivity contribution in [2.24, 2.45) is 29.6 Å². The SMILES string of the molecule is COC(=O)N[C@H](C(=O)N1CCC[C@H]1c1ncc(-c2ccc(-c3ccc(-c4cnc(C5C6CCC(C6)[C@@H]5C(=O)NCC5CNc6ccccc6C5)[nH]4)cc3)cc2)[nH]1)C(C)C. The van der Waals surface area contributed by atoms with Crippen LogP contribution in [0.25, 0.3) is 33.6 Å². The molecule has 3 fully saturated rings. The monoisotopic (exact) mass is 794 g/mol. The fourth-order valence-corrected chi connectivity index (χ4v) is 10.3. The lowest BCUT2D eigenvalue weighted by Crippen LogP contribution is -2.51. The number of benzene rings is 3. The summed E-state index contributed by atoms with van der Waals surface area (Å²) in [6.07, 6.45) is 9.15. The molecule has 5 N–H and O–H groups in total. The summed E-state index contributed by atoms with van der Waals surface area (Å²) in [4.78, 5) is 57.9. The molecule has 2 aromatic heterocycles. The van der Waals surface area contributed by atoms with Crippen molar-refractivity contribution in [1.29, 1.82) is 0 Å². The Morgan fingerprint density at radius 3 is 2.17 bits per heavy atom. The van der Waals surface area contributed by atoms with Gasteiger partial charge in [-0.3, -0.25) is 9.59 Å². The molecule has 306 valence electrons. The van der Waals surface area contributed by atoms with E-state index in [1.54, 1.807) is 0 Å². The molecule has 3 aromatic carbocycles. The van der Waals surface area contributed by atoms with Crippen molar-refractivity contribution in [3.05, 3.63) is 102 Å². The van der Waals surface area contributed by atoms with Crippen LogP contribution in [0.2, 0.25) is 0 Å². The molecule has 12 nitrogen and oxygen atoms in total. The van der Waals surface area contributed by atoms with E-state index in [1.165, 1.54) is 18.4 Å². The maximum atomic E-state index is 13.8. The molecule has 9 rings (SSSR count). The van der Waals surface area contributed by atoms with Crippen LogP contribution in [0.3, 0.4) is 0 Å². The van der Waals surface area contributed by atoms with Gasteiger partial charge in [0.25, 0.3) is 0 Å². The summed E-state index contributed by atoms with van der Waals surface area (Å²) < 4.78 is 4.77. The van der Waals surface area contributed by atoms with Gasteiger partial charge in [0, 0.05) is 31.2 Å². The van der Waals surface area contributed by atoms with E-state index in [0.717, 1.165) is 90.4 Å². The van der Waals surface area contributed by atoms with Crippen molar-refractivity contribution < 1.29 is 19.1 Å². The average Bonchev–Trinajstić information content (AvgIpc) is 4.13. The van der Waals surface area contributed by atoms with E-state index in [9.17, 15) is 14.4 Å². The van der Waals surface area contributed by atoms with E-state index in [1.807, 2.05) is 31.1 Å². The molecule has 2 aliphatic carbocycles. The lowest BCUT2D eigenvalue weighted by atomic mass is 9.78. The second-order valence-electron chi connectivity index (χ2n) is 17.3. The van der Waals surface area contributed by atoms with Crippen molar-refractivity contribution in [2.45, 2.75) is 70.4 Å². The highest BCUT2D eigenvalue weighted by Crippen LogP contribution is 2.56. The number of nitrogens with zero attached hydrogens (tertiary/aromatic N) is 3. The van der Waals surface area contributed by atoms with Gasteiger partial charge in [-0.1, -0.05) is 80.6 Å². The molecular weight excluding hydrogens is 741 g/mol. The van der Waals surface area contributed by atoms with Crippen molar-refractivity contribution in [1.82, 2.24) is 35.5 Å². The quantitative estimate of drug-likeness (QED) is 0.0917. The number of aromatic nitrogens is 4. The number of aromatic amines is 2. The Bertz CT molecular complexity index is 2300. The number of carbonyl (C=O) groups excluding carboxylic acids is 3. The highest BCUT2D eigenvalue weighted by molar-refractivity contribution is 5.86. The summed E-state index contributed by atoms with van der Waals surface area (Å²) in [5.74, 6) is 2.98. The van der Waals surface area contributed by atoms with Crippen molar-refractivity contribution in [3.63, 3.8) is 0 Å². The maximum absolute atomic E-state index is 13.8. The third-order valence-corrected chi connectivity index (χ3v) is 13.4. The first-order chi connectivity index (χ1) is 28.7. The smallest absolute Gasteiger partial charge is 0.407 e. The molecule has 2 bridgehead atoms. The van der Waals surface area contributed by atoms with E-state index < -0.39 is 12.1 Å². The molecule has 59 heavy (non-hydrogen) atoms. The number of rotatable bonds is 11. The summed E-state index contributed by atoms with van der Waals surface area (Å²) in [5.41, 5.74) is 8.64. The molecule has 12 heteroatoms. The van der Waals surface area contributed by atoms with E-state index in [4.69, 9.17) is 14.7 Å². The Hall–Kier alpha value is -5.91. The number of imidazole rings is 2. The number of likely N-dealkylation sites (tertiary alicyclic amines) is 1. The van der Waals surface area contributed by atoms with Crippen LogP contribution in [0.4, 0.5) is 10.5 Å². The van der Waals surface area contributed by atoms with Crippen LogP contribution >= 0.6 is 0 Å². The number of hydrogen-bond acceptors (Lipinski definition) is 7. The van der Waals surface area contributed by atoms with Crippen LogP contribution in [0, 0.1) is 29.6 Å². The van der Waals surface area contributed by atoms with Crippen LogP contribution in [0.5, 0.6) is 0 Å². The number of para-hydroxylation sites is 1. The van der Waals surface area contributed by atoms with Crippen LogP contribution < -0.4 is 16.0 Å². The first kappa shape index (κ1) is 38.6. The summed E-state index contributed by atoms with van der Waals surface area (Å²) in [5, 5.41) is 9.61. The van der Waals surface area contributed by atoms with Gasteiger partial charge in [-0.15, -0.1) is 0 Å². The van der Waals surface area contributed by atoms with Crippen molar-refractivity contribution in [2.75, 3.05) is 32.1 Å². The van der Waals surface area contributed by atoms with Gasteiger partial charge in [-0.2, -0.15) is 0 Å². The molecule has 7 atom stereocenters. The fraction of sp³-hybridized carbons (Fsp3) is 0.426. The standard InChI is InChI=1S/C47H54N8O4/c1-27(2)42(54-47(58)59-3)46(57)55-20-6-9-39(55)43-49-25-37(52-43)31-14-10-29(11-15-31)30-12-16-32(17-13-30)38-26-50-44(53-38)40-34-18-19-35(22-34)41(40)45(56)51-24-28-21-33-7-4-5-8-36(33)48-23-28/h4-5,7-8,10-17,25-28,34-35,39-42,48H,6,9,18-24H2,1-3H3,(H,49,52)(H,50,53)(H,51,56)(H,54,58)/t28?,34?,35?,39-,40?,41-,42-/m0/s1. The Labute approximate surface area is 345 Å². The molecular formula is C47H54N8O4. The van der Waals surface area contributed by atoms with Crippen LogP contribution in [-0.2, 0) is 20.7 Å². The summed E-state index contributed by atoms with van der Waals surface area (Å²) in [6, 6.07) is 24.5. The zero-order chi connectivity index (χ0) is 40.6. The van der Waals surface area contributed by atoms with Crippen LogP contribution in [-0.4, -0.2) is 75.5 Å². The van der Waals surface area contributed by atoms with Gasteiger partial charge in [0.2, 0.25) is 11.8 Å². The lowest BCUT2D eigenvalue weighted by Gasteiger charge is -2.30. The number of fused-ring (bicyclic) bond motifs is 3. The van der Waals surface area contributed by atoms with Gasteiger partial charge in [0.1, 0.15) is 17.7 Å². The molecule has 0 radical (unpaired) electrons. The summed E-state index contributed by atoms with van der Waals surface area (Å²) >= 11 is 0. The Balaban J connectivity index is 0.832. The second-order valence-corrected chi connectivity index (χ2v) is 17.3. The van der Waals surface area contributed by atoms with E-state index >= 15 is 0 Å². The molecule has 0 spiro atoms. The van der Waals surface area contributed by atoms with Crippen molar-refractivity contribution >= 4 is 23.6 Å². The maximum Gasteiger partial charge on any atom is 0.407 e. The normalized spacial score (nSPS) is 23.8. The molecule has 2 saturated carbocycles.